The van der Waals surface area contributed by atoms with Crippen molar-refractivity contribution in [3.63, 3.8) is 0 Å². The Hall–Kier alpha value is -0.670. The Balaban J connectivity index is 1.91. The van der Waals surface area contributed by atoms with Crippen LogP contribution in [0, 0.1) is 0 Å². The number of rotatable bonds is 5. The van der Waals surface area contributed by atoms with Gasteiger partial charge < -0.3 is 10.4 Å². The molecule has 0 spiro atoms. The number of hydrogen-bond donors (Lipinski definition) is 2. The Bertz CT molecular complexity index is 371. The van der Waals surface area contributed by atoms with Gasteiger partial charge in [-0.25, -0.2) is 0 Å². The van der Waals surface area contributed by atoms with Crippen LogP contribution in [0.1, 0.15) is 44.2 Å². The molecule has 1 aromatic carbocycles. The molecule has 3 heteroatoms. The SMILES string of the molecule is CSC1(CNC(C)c2ccc(O)cc2)CCCC1. The van der Waals surface area contributed by atoms with Crippen molar-refractivity contribution in [3.8, 4) is 5.75 Å². The molecule has 0 amide bonds. The van der Waals surface area contributed by atoms with Crippen LogP contribution in [-0.4, -0.2) is 22.7 Å². The third-order valence-electron chi connectivity index (χ3n) is 4.07. The lowest BCUT2D eigenvalue weighted by atomic mass is 10.0. The van der Waals surface area contributed by atoms with Crippen LogP contribution in [0.4, 0.5) is 0 Å². The minimum atomic E-state index is 0.335. The van der Waals surface area contributed by atoms with Crippen molar-refractivity contribution in [1.82, 2.24) is 5.32 Å². The summed E-state index contributed by atoms with van der Waals surface area (Å²) in [5, 5.41) is 12.9. The lowest BCUT2D eigenvalue weighted by Crippen LogP contribution is -2.36. The summed E-state index contributed by atoms with van der Waals surface area (Å²) in [4.78, 5) is 0. The summed E-state index contributed by atoms with van der Waals surface area (Å²) in [6.45, 7) is 3.27. The van der Waals surface area contributed by atoms with E-state index in [1.54, 1.807) is 12.1 Å². The van der Waals surface area contributed by atoms with E-state index >= 15 is 0 Å². The predicted molar refractivity (Wildman–Crippen MR) is 79.2 cm³/mol. The van der Waals surface area contributed by atoms with Crippen LogP contribution in [-0.2, 0) is 0 Å². The topological polar surface area (TPSA) is 32.3 Å². The Morgan fingerprint density at radius 1 is 1.28 bits per heavy atom. The molecule has 1 aromatic rings. The van der Waals surface area contributed by atoms with Crippen LogP contribution in [0.15, 0.2) is 24.3 Å². The molecule has 0 radical (unpaired) electrons. The standard InChI is InChI=1S/C15H23NOS/c1-12(13-5-7-14(17)8-6-13)16-11-15(18-2)9-3-4-10-15/h5-8,12,16-17H,3-4,9-11H2,1-2H3. The number of aromatic hydroxyl groups is 1. The monoisotopic (exact) mass is 265 g/mol. The number of hydrogen-bond acceptors (Lipinski definition) is 3. The van der Waals surface area contributed by atoms with Crippen LogP contribution in [0.2, 0.25) is 0 Å². The van der Waals surface area contributed by atoms with Gasteiger partial charge in [0.05, 0.1) is 0 Å². The summed E-state index contributed by atoms with van der Waals surface area (Å²) in [6.07, 6.45) is 7.65. The summed E-state index contributed by atoms with van der Waals surface area (Å²) < 4.78 is 0.450. The van der Waals surface area contributed by atoms with Gasteiger partial charge >= 0.3 is 0 Å². The van der Waals surface area contributed by atoms with E-state index in [0.29, 0.717) is 16.5 Å². The molecule has 0 heterocycles. The summed E-state index contributed by atoms with van der Waals surface area (Å²) >= 11 is 2.02. The van der Waals surface area contributed by atoms with Crippen molar-refractivity contribution in [2.24, 2.45) is 0 Å². The van der Waals surface area contributed by atoms with Crippen LogP contribution in [0.5, 0.6) is 5.75 Å². The van der Waals surface area contributed by atoms with E-state index in [1.165, 1.54) is 31.2 Å². The van der Waals surface area contributed by atoms with E-state index in [2.05, 4.69) is 18.5 Å². The second-order valence-electron chi connectivity index (χ2n) is 5.29. The predicted octanol–water partition coefficient (Wildman–Crippen LogP) is 3.72. The molecule has 100 valence electrons. The smallest absolute Gasteiger partial charge is 0.115 e. The van der Waals surface area contributed by atoms with Gasteiger partial charge in [-0.05, 0) is 43.7 Å². The summed E-state index contributed by atoms with van der Waals surface area (Å²) in [5.74, 6) is 0.335. The summed E-state index contributed by atoms with van der Waals surface area (Å²) in [7, 11) is 0. The third kappa shape index (κ3) is 3.21. The Morgan fingerprint density at radius 3 is 2.44 bits per heavy atom. The van der Waals surface area contributed by atoms with Crippen LogP contribution in [0.3, 0.4) is 0 Å². The van der Waals surface area contributed by atoms with Crippen LogP contribution in [0.25, 0.3) is 0 Å². The zero-order chi connectivity index (χ0) is 13.0. The van der Waals surface area contributed by atoms with Gasteiger partial charge in [0.15, 0.2) is 0 Å². The molecular weight excluding hydrogens is 242 g/mol. The van der Waals surface area contributed by atoms with E-state index in [1.807, 2.05) is 23.9 Å². The van der Waals surface area contributed by atoms with Crippen molar-refractivity contribution in [2.75, 3.05) is 12.8 Å². The van der Waals surface area contributed by atoms with Gasteiger partial charge in [0.1, 0.15) is 5.75 Å². The average Bonchev–Trinajstić information content (AvgIpc) is 2.86. The molecule has 2 rings (SSSR count). The van der Waals surface area contributed by atoms with Gasteiger partial charge in [0, 0.05) is 17.3 Å². The first kappa shape index (κ1) is 13.8. The Morgan fingerprint density at radius 2 is 1.89 bits per heavy atom. The number of thioether (sulfide) groups is 1. The van der Waals surface area contributed by atoms with Gasteiger partial charge in [0.2, 0.25) is 0 Å². The number of benzene rings is 1. The molecule has 2 nitrogen and oxygen atoms in total. The highest BCUT2D eigenvalue weighted by molar-refractivity contribution is 8.00. The molecule has 1 aliphatic carbocycles. The molecular formula is C15H23NOS. The van der Waals surface area contributed by atoms with Gasteiger partial charge in [-0.1, -0.05) is 25.0 Å². The zero-order valence-electron chi connectivity index (χ0n) is 11.3. The van der Waals surface area contributed by atoms with E-state index in [9.17, 15) is 5.11 Å². The van der Waals surface area contributed by atoms with E-state index in [4.69, 9.17) is 0 Å². The van der Waals surface area contributed by atoms with Crippen molar-refractivity contribution in [3.05, 3.63) is 29.8 Å². The van der Waals surface area contributed by atoms with Gasteiger partial charge in [-0.15, -0.1) is 0 Å². The Kier molecular flexibility index (Phi) is 4.57. The fourth-order valence-corrected chi connectivity index (χ4v) is 3.62. The van der Waals surface area contributed by atoms with E-state index < -0.39 is 0 Å². The van der Waals surface area contributed by atoms with Crippen molar-refractivity contribution >= 4 is 11.8 Å². The van der Waals surface area contributed by atoms with Gasteiger partial charge in [-0.3, -0.25) is 0 Å². The molecule has 0 saturated heterocycles. The summed E-state index contributed by atoms with van der Waals surface area (Å²) in [5.41, 5.74) is 1.24. The lowest BCUT2D eigenvalue weighted by Gasteiger charge is -2.29. The van der Waals surface area contributed by atoms with E-state index in [0.717, 1.165) is 6.54 Å². The third-order valence-corrected chi connectivity index (χ3v) is 5.49. The minimum Gasteiger partial charge on any atom is -0.508 e. The molecule has 0 aromatic heterocycles. The van der Waals surface area contributed by atoms with Gasteiger partial charge in [-0.2, -0.15) is 11.8 Å². The highest BCUT2D eigenvalue weighted by Gasteiger charge is 2.32. The lowest BCUT2D eigenvalue weighted by molar-refractivity contribution is 0.471. The number of nitrogens with one attached hydrogen (secondary N) is 1. The summed E-state index contributed by atoms with van der Waals surface area (Å²) in [6, 6.07) is 7.84. The highest BCUT2D eigenvalue weighted by Crippen LogP contribution is 2.39. The molecule has 1 fully saturated rings. The molecule has 2 N–H and O–H groups in total. The molecule has 0 aliphatic heterocycles. The number of phenolic OH excluding ortho intramolecular Hbond substituents is 1. The first-order valence-electron chi connectivity index (χ1n) is 6.73. The highest BCUT2D eigenvalue weighted by atomic mass is 32.2. The first-order chi connectivity index (χ1) is 8.65. The van der Waals surface area contributed by atoms with Crippen molar-refractivity contribution in [1.29, 1.82) is 0 Å². The maximum absolute atomic E-state index is 9.30. The van der Waals surface area contributed by atoms with Crippen molar-refractivity contribution in [2.45, 2.75) is 43.4 Å². The zero-order valence-corrected chi connectivity index (χ0v) is 12.1. The van der Waals surface area contributed by atoms with E-state index in [-0.39, 0.29) is 0 Å². The molecule has 1 saturated carbocycles. The fourth-order valence-electron chi connectivity index (χ4n) is 2.69. The maximum atomic E-state index is 9.30. The molecule has 0 bridgehead atoms. The molecule has 1 aliphatic rings. The number of phenols is 1. The minimum absolute atomic E-state index is 0.335. The largest absolute Gasteiger partial charge is 0.508 e. The second kappa shape index (κ2) is 5.98. The molecule has 1 atom stereocenters. The second-order valence-corrected chi connectivity index (χ2v) is 6.56. The van der Waals surface area contributed by atoms with Crippen molar-refractivity contribution < 1.29 is 5.11 Å². The van der Waals surface area contributed by atoms with Crippen LogP contribution >= 0.6 is 11.8 Å². The average molecular weight is 265 g/mol. The fraction of sp³-hybridized carbons (Fsp3) is 0.600. The molecule has 18 heavy (non-hydrogen) atoms. The Labute approximate surface area is 114 Å². The van der Waals surface area contributed by atoms with Crippen LogP contribution < -0.4 is 5.32 Å². The van der Waals surface area contributed by atoms with Gasteiger partial charge in [0.25, 0.3) is 0 Å². The maximum Gasteiger partial charge on any atom is 0.115 e. The molecule has 1 unspecified atom stereocenters. The quantitative estimate of drug-likeness (QED) is 0.851. The first-order valence-corrected chi connectivity index (χ1v) is 7.95. The normalized spacial score (nSPS) is 19.9.